The van der Waals surface area contributed by atoms with Crippen LogP contribution >= 0.6 is 23.8 Å². The minimum atomic E-state index is -4.60. The van der Waals surface area contributed by atoms with Crippen molar-refractivity contribution in [3.05, 3.63) is 64.4 Å². The van der Waals surface area contributed by atoms with Crippen LogP contribution in [0.2, 0.25) is 5.02 Å². The lowest BCUT2D eigenvalue weighted by molar-refractivity contribution is -0.137. The Morgan fingerprint density at radius 1 is 1.09 bits per heavy atom. The molecule has 0 saturated heterocycles. The standard InChI is InChI=1S/C15H11ClF4N2S/c16-11-1-3-13(4-2-11)22-14(23)21-8-9-5-10(15(18,19)20)7-12(17)6-9/h1-7H,8H2,(H2,21,22,23). The molecule has 2 aromatic carbocycles. The molecule has 0 fully saturated rings. The Kier molecular flexibility index (Phi) is 5.43. The molecule has 0 aliphatic carbocycles. The fraction of sp³-hybridized carbons (Fsp3) is 0.133. The topological polar surface area (TPSA) is 24.1 Å². The molecule has 0 heterocycles. The van der Waals surface area contributed by atoms with Crippen molar-refractivity contribution in [3.63, 3.8) is 0 Å². The van der Waals surface area contributed by atoms with Gasteiger partial charge in [0.05, 0.1) is 5.56 Å². The molecule has 2 rings (SSSR count). The third-order valence-corrected chi connectivity index (χ3v) is 3.34. The van der Waals surface area contributed by atoms with Crippen molar-refractivity contribution in [2.24, 2.45) is 0 Å². The zero-order valence-corrected chi connectivity index (χ0v) is 13.1. The highest BCUT2D eigenvalue weighted by molar-refractivity contribution is 7.80. The van der Waals surface area contributed by atoms with Gasteiger partial charge in [-0.1, -0.05) is 11.6 Å². The van der Waals surface area contributed by atoms with Crippen LogP contribution in [0.15, 0.2) is 42.5 Å². The molecule has 0 atom stereocenters. The van der Waals surface area contributed by atoms with Gasteiger partial charge in [-0.2, -0.15) is 13.2 Å². The SMILES string of the molecule is Fc1cc(CNC(=S)Nc2ccc(Cl)cc2)cc(C(F)(F)F)c1. The van der Waals surface area contributed by atoms with E-state index in [1.165, 1.54) is 0 Å². The summed E-state index contributed by atoms with van der Waals surface area (Å²) < 4.78 is 51.2. The van der Waals surface area contributed by atoms with Gasteiger partial charge in [0.1, 0.15) is 5.82 Å². The maximum atomic E-state index is 13.3. The number of nitrogens with one attached hydrogen (secondary N) is 2. The van der Waals surface area contributed by atoms with Crippen molar-refractivity contribution in [1.82, 2.24) is 5.32 Å². The molecule has 0 unspecified atom stereocenters. The van der Waals surface area contributed by atoms with Gasteiger partial charge < -0.3 is 10.6 Å². The lowest BCUT2D eigenvalue weighted by Crippen LogP contribution is -2.28. The van der Waals surface area contributed by atoms with Crippen molar-refractivity contribution in [3.8, 4) is 0 Å². The Balaban J connectivity index is 1.99. The Morgan fingerprint density at radius 3 is 2.35 bits per heavy atom. The summed E-state index contributed by atoms with van der Waals surface area (Å²) in [5.74, 6) is -0.951. The number of hydrogen-bond acceptors (Lipinski definition) is 1. The predicted octanol–water partition coefficient (Wildman–Crippen LogP) is 4.98. The highest BCUT2D eigenvalue weighted by Crippen LogP contribution is 2.30. The van der Waals surface area contributed by atoms with Gasteiger partial charge in [-0.3, -0.25) is 0 Å². The summed E-state index contributed by atoms with van der Waals surface area (Å²) >= 11 is 10.8. The molecule has 0 aliphatic heterocycles. The Morgan fingerprint density at radius 2 is 1.74 bits per heavy atom. The molecule has 8 heteroatoms. The van der Waals surface area contributed by atoms with Gasteiger partial charge in [0.25, 0.3) is 0 Å². The zero-order valence-electron chi connectivity index (χ0n) is 11.5. The van der Waals surface area contributed by atoms with Crippen LogP contribution in [-0.4, -0.2) is 5.11 Å². The van der Waals surface area contributed by atoms with Crippen LogP contribution in [0.3, 0.4) is 0 Å². The van der Waals surface area contributed by atoms with Crippen LogP contribution in [0.25, 0.3) is 0 Å². The summed E-state index contributed by atoms with van der Waals surface area (Å²) in [5.41, 5.74) is -0.231. The first-order chi connectivity index (χ1) is 10.7. The number of rotatable bonds is 3. The molecule has 122 valence electrons. The van der Waals surface area contributed by atoms with Crippen LogP contribution in [-0.2, 0) is 12.7 Å². The third kappa shape index (κ3) is 5.37. The van der Waals surface area contributed by atoms with Gasteiger partial charge >= 0.3 is 6.18 Å². The second-order valence-electron chi connectivity index (χ2n) is 4.66. The third-order valence-electron chi connectivity index (χ3n) is 2.84. The quantitative estimate of drug-likeness (QED) is 0.594. The Hall–Kier alpha value is -1.86. The molecule has 2 aromatic rings. The second-order valence-corrected chi connectivity index (χ2v) is 5.51. The van der Waals surface area contributed by atoms with E-state index in [1.807, 2.05) is 0 Å². The van der Waals surface area contributed by atoms with E-state index in [-0.39, 0.29) is 17.2 Å². The van der Waals surface area contributed by atoms with Crippen molar-refractivity contribution < 1.29 is 17.6 Å². The lowest BCUT2D eigenvalue weighted by Gasteiger charge is -2.12. The fourth-order valence-corrected chi connectivity index (χ4v) is 2.12. The average molecular weight is 363 g/mol. The van der Waals surface area contributed by atoms with Gasteiger partial charge in [-0.15, -0.1) is 0 Å². The van der Waals surface area contributed by atoms with Crippen molar-refractivity contribution in [1.29, 1.82) is 0 Å². The smallest absolute Gasteiger partial charge is 0.358 e. The highest BCUT2D eigenvalue weighted by Gasteiger charge is 2.31. The molecule has 0 aromatic heterocycles. The van der Waals surface area contributed by atoms with E-state index >= 15 is 0 Å². The maximum Gasteiger partial charge on any atom is 0.416 e. The van der Waals surface area contributed by atoms with E-state index in [0.29, 0.717) is 16.8 Å². The Bertz CT molecular complexity index is 702. The van der Waals surface area contributed by atoms with E-state index in [1.54, 1.807) is 24.3 Å². The van der Waals surface area contributed by atoms with Crippen LogP contribution < -0.4 is 10.6 Å². The fourth-order valence-electron chi connectivity index (χ4n) is 1.81. The number of anilines is 1. The molecule has 2 nitrogen and oxygen atoms in total. The monoisotopic (exact) mass is 362 g/mol. The van der Waals surface area contributed by atoms with Crippen LogP contribution in [0.4, 0.5) is 23.2 Å². The molecule has 0 amide bonds. The molecule has 2 N–H and O–H groups in total. The maximum absolute atomic E-state index is 13.3. The number of benzene rings is 2. The summed E-state index contributed by atoms with van der Waals surface area (Å²) in [4.78, 5) is 0. The first-order valence-electron chi connectivity index (χ1n) is 6.41. The number of alkyl halides is 3. The first kappa shape index (κ1) is 17.5. The summed E-state index contributed by atoms with van der Waals surface area (Å²) in [6, 6.07) is 9.06. The van der Waals surface area contributed by atoms with E-state index in [9.17, 15) is 17.6 Å². The van der Waals surface area contributed by atoms with Crippen molar-refractivity contribution >= 4 is 34.6 Å². The molecular weight excluding hydrogens is 352 g/mol. The van der Waals surface area contributed by atoms with E-state index < -0.39 is 17.6 Å². The number of halogens is 5. The number of hydrogen-bond donors (Lipinski definition) is 2. The summed E-state index contributed by atoms with van der Waals surface area (Å²) in [5, 5.41) is 6.33. The molecule has 0 spiro atoms. The van der Waals surface area contributed by atoms with E-state index in [2.05, 4.69) is 10.6 Å². The van der Waals surface area contributed by atoms with Crippen LogP contribution in [0.5, 0.6) is 0 Å². The Labute approximate surface area is 140 Å². The zero-order chi connectivity index (χ0) is 17.0. The molecule has 23 heavy (non-hydrogen) atoms. The van der Waals surface area contributed by atoms with Gasteiger partial charge in [-0.05, 0) is 60.2 Å². The highest BCUT2D eigenvalue weighted by atomic mass is 35.5. The largest absolute Gasteiger partial charge is 0.416 e. The van der Waals surface area contributed by atoms with E-state index in [0.717, 1.165) is 12.1 Å². The molecule has 0 bridgehead atoms. The molecule has 0 saturated carbocycles. The summed E-state index contributed by atoms with van der Waals surface area (Å²) in [6.45, 7) is -0.0414. The van der Waals surface area contributed by atoms with Gasteiger partial charge in [0.15, 0.2) is 5.11 Å². The molecule has 0 aliphatic rings. The van der Waals surface area contributed by atoms with Crippen LogP contribution in [0.1, 0.15) is 11.1 Å². The van der Waals surface area contributed by atoms with Crippen molar-refractivity contribution in [2.45, 2.75) is 12.7 Å². The average Bonchev–Trinajstić information content (AvgIpc) is 2.46. The predicted molar refractivity (Wildman–Crippen MR) is 85.9 cm³/mol. The minimum Gasteiger partial charge on any atom is -0.358 e. The second kappa shape index (κ2) is 7.14. The first-order valence-corrected chi connectivity index (χ1v) is 7.20. The lowest BCUT2D eigenvalue weighted by atomic mass is 10.1. The van der Waals surface area contributed by atoms with E-state index in [4.69, 9.17) is 23.8 Å². The number of thiocarbonyl (C=S) groups is 1. The molecule has 0 radical (unpaired) electrons. The van der Waals surface area contributed by atoms with Crippen LogP contribution in [0, 0.1) is 5.82 Å². The van der Waals surface area contributed by atoms with Gasteiger partial charge in [-0.25, -0.2) is 4.39 Å². The summed E-state index contributed by atoms with van der Waals surface area (Å²) in [6.07, 6.45) is -4.60. The minimum absolute atomic E-state index is 0.0414. The van der Waals surface area contributed by atoms with Crippen molar-refractivity contribution in [2.75, 3.05) is 5.32 Å². The summed E-state index contributed by atoms with van der Waals surface area (Å²) in [7, 11) is 0. The van der Waals surface area contributed by atoms with Gasteiger partial charge in [0, 0.05) is 17.3 Å². The molecular formula is C15H11ClF4N2S. The van der Waals surface area contributed by atoms with Gasteiger partial charge in [0.2, 0.25) is 0 Å². The normalized spacial score (nSPS) is 11.2.